The van der Waals surface area contributed by atoms with Gasteiger partial charge in [-0.2, -0.15) is 0 Å². The van der Waals surface area contributed by atoms with Gasteiger partial charge in [0.05, 0.1) is 0 Å². The largest absolute Gasteiger partial charge is 0.0616 e. The molecule has 0 aromatic heterocycles. The Kier molecular flexibility index (Phi) is 5.76. The van der Waals surface area contributed by atoms with Crippen molar-refractivity contribution in [3.8, 4) is 0 Å². The van der Waals surface area contributed by atoms with E-state index in [1.54, 1.807) is 0 Å². The second-order valence-corrected chi connectivity index (χ2v) is 7.93. The van der Waals surface area contributed by atoms with Crippen molar-refractivity contribution in [1.29, 1.82) is 0 Å². The normalized spacial score (nSPS) is 10.5. The molecule has 0 fully saturated rings. The van der Waals surface area contributed by atoms with Crippen molar-refractivity contribution >= 4 is 43.1 Å². The highest BCUT2D eigenvalue weighted by atomic mass is 13.9. The zero-order chi connectivity index (χ0) is 21.6. The highest BCUT2D eigenvalue weighted by Gasteiger charge is 1.89. The van der Waals surface area contributed by atoms with Gasteiger partial charge in [0.2, 0.25) is 0 Å². The van der Waals surface area contributed by atoms with Gasteiger partial charge in [0.15, 0.2) is 0 Å². The SMILES string of the molecule is c1cc2ccc3ccccc3ccc3cccc(ccc4ccccc4ccc(c1)c2)c3. The zero-order valence-corrected chi connectivity index (χ0v) is 17.9. The summed E-state index contributed by atoms with van der Waals surface area (Å²) in [7, 11) is 0. The van der Waals surface area contributed by atoms with Crippen molar-refractivity contribution in [1.82, 2.24) is 0 Å². The Labute approximate surface area is 188 Å². The van der Waals surface area contributed by atoms with Crippen LogP contribution in [0, 0.1) is 0 Å². The third-order valence-corrected chi connectivity index (χ3v) is 5.63. The van der Waals surface area contributed by atoms with E-state index in [9.17, 15) is 0 Å². The average Bonchev–Trinajstić information content (AvgIpc) is 2.85. The Hall–Kier alpha value is -4.16. The van der Waals surface area contributed by atoms with Crippen molar-refractivity contribution < 1.29 is 0 Å². The lowest BCUT2D eigenvalue weighted by Gasteiger charge is -1.95. The minimum atomic E-state index is 1.19. The maximum absolute atomic E-state index is 2.22. The summed E-state index contributed by atoms with van der Waals surface area (Å²) >= 11 is 0. The van der Waals surface area contributed by atoms with E-state index < -0.39 is 0 Å². The van der Waals surface area contributed by atoms with Crippen LogP contribution in [0.4, 0.5) is 0 Å². The van der Waals surface area contributed by atoms with E-state index >= 15 is 0 Å². The van der Waals surface area contributed by atoms with Crippen LogP contribution in [0.25, 0.3) is 43.1 Å². The molecule has 5 rings (SSSR count). The van der Waals surface area contributed by atoms with Gasteiger partial charge in [0, 0.05) is 0 Å². The first-order valence-electron chi connectivity index (χ1n) is 10.9. The third-order valence-electron chi connectivity index (χ3n) is 5.63. The molecule has 0 aliphatic rings. The van der Waals surface area contributed by atoms with Gasteiger partial charge in [-0.1, -0.05) is 133 Å². The summed E-state index contributed by atoms with van der Waals surface area (Å²) in [5.41, 5.74) is 0. The zero-order valence-electron chi connectivity index (χ0n) is 17.9. The van der Waals surface area contributed by atoms with Crippen molar-refractivity contribution in [2.75, 3.05) is 0 Å². The minimum Gasteiger partial charge on any atom is -0.0616 e. The fourth-order valence-corrected chi connectivity index (χ4v) is 3.91. The Bertz CT molecular complexity index is 1340. The number of hydrogen-bond donors (Lipinski definition) is 0. The molecule has 32 heavy (non-hydrogen) atoms. The Morgan fingerprint density at radius 1 is 0.219 bits per heavy atom. The fraction of sp³-hybridized carbons (Fsp3) is 0. The van der Waals surface area contributed by atoms with Gasteiger partial charge < -0.3 is 0 Å². The van der Waals surface area contributed by atoms with Gasteiger partial charge >= 0.3 is 0 Å². The number of rotatable bonds is 0. The molecule has 0 spiro atoms. The topological polar surface area (TPSA) is 0 Å². The molecule has 0 atom stereocenters. The maximum atomic E-state index is 2.22. The lowest BCUT2D eigenvalue weighted by atomic mass is 10.1. The third kappa shape index (κ3) is 4.77. The van der Waals surface area contributed by atoms with Crippen LogP contribution in [0.3, 0.4) is 0 Å². The van der Waals surface area contributed by atoms with Gasteiger partial charge in [0.1, 0.15) is 0 Å². The van der Waals surface area contributed by atoms with Crippen molar-refractivity contribution in [3.05, 3.63) is 146 Å². The van der Waals surface area contributed by atoms with E-state index in [1.165, 1.54) is 43.1 Å². The highest BCUT2D eigenvalue weighted by Crippen LogP contribution is 2.15. The summed E-state index contributed by atoms with van der Waals surface area (Å²) < 4.78 is 0. The first-order valence-corrected chi connectivity index (χ1v) is 10.9. The molecular formula is C32H24. The van der Waals surface area contributed by atoms with Gasteiger partial charge in [-0.25, -0.2) is 0 Å². The van der Waals surface area contributed by atoms with Crippen LogP contribution in [0.15, 0.2) is 146 Å². The standard InChI is InChI=1S/C32H24/c1-2-12-30-20-16-26-8-6-10-28(24-26)18-22-32-14-4-3-13-31(32)21-17-27-9-5-7-25(23-27)15-19-29(30)11-1/h1-24H. The maximum Gasteiger partial charge on any atom is -0.0184 e. The molecule has 0 heterocycles. The molecular weight excluding hydrogens is 384 g/mol. The van der Waals surface area contributed by atoms with Crippen LogP contribution in [0.5, 0.6) is 0 Å². The lowest BCUT2D eigenvalue weighted by molar-refractivity contribution is 1.76. The van der Waals surface area contributed by atoms with E-state index in [0.717, 1.165) is 0 Å². The quantitative estimate of drug-likeness (QED) is 0.240. The van der Waals surface area contributed by atoms with Crippen LogP contribution < -0.4 is 0 Å². The first kappa shape index (κ1) is 19.8. The van der Waals surface area contributed by atoms with Gasteiger partial charge in [-0.3, -0.25) is 0 Å². The number of benzene rings is 4. The first-order chi connectivity index (χ1) is 15.8. The molecule has 0 aliphatic carbocycles. The molecule has 0 N–H and O–H groups in total. The van der Waals surface area contributed by atoms with Crippen molar-refractivity contribution in [3.63, 3.8) is 0 Å². The minimum absolute atomic E-state index is 1.19. The Morgan fingerprint density at radius 2 is 0.500 bits per heavy atom. The van der Waals surface area contributed by atoms with E-state index in [0.29, 0.717) is 0 Å². The summed E-state index contributed by atoms with van der Waals surface area (Å²) in [5, 5.41) is 9.57. The van der Waals surface area contributed by atoms with Gasteiger partial charge in [-0.05, 0) is 55.2 Å². The average molecular weight is 409 g/mol. The van der Waals surface area contributed by atoms with Crippen LogP contribution in [-0.2, 0) is 0 Å². The summed E-state index contributed by atoms with van der Waals surface area (Å²) in [6, 6.07) is 51.8. The summed E-state index contributed by atoms with van der Waals surface area (Å²) in [4.78, 5) is 0. The molecule has 152 valence electrons. The van der Waals surface area contributed by atoms with Crippen molar-refractivity contribution in [2.45, 2.75) is 0 Å². The molecule has 0 aliphatic heterocycles. The molecule has 0 heteroatoms. The molecule has 4 bridgehead atoms. The molecule has 0 nitrogen and oxygen atoms in total. The molecule has 5 aromatic carbocycles. The summed E-state index contributed by atoms with van der Waals surface area (Å²) in [5.74, 6) is 0. The van der Waals surface area contributed by atoms with Crippen molar-refractivity contribution in [2.24, 2.45) is 0 Å². The van der Waals surface area contributed by atoms with E-state index in [4.69, 9.17) is 0 Å². The Morgan fingerprint density at radius 3 is 0.781 bits per heavy atom. The lowest BCUT2D eigenvalue weighted by Crippen LogP contribution is -1.69. The molecule has 5 aromatic rings. The van der Waals surface area contributed by atoms with Crippen LogP contribution in [0.2, 0.25) is 0 Å². The molecule has 0 saturated carbocycles. The van der Waals surface area contributed by atoms with Gasteiger partial charge in [-0.15, -0.1) is 0 Å². The second kappa shape index (κ2) is 9.32. The molecule has 0 saturated heterocycles. The monoisotopic (exact) mass is 408 g/mol. The predicted octanol–water partition coefficient (Wildman–Crippen LogP) is 9.11. The summed E-state index contributed by atoms with van der Waals surface area (Å²) in [6.07, 6.45) is 0. The Balaban J connectivity index is 1.87. The summed E-state index contributed by atoms with van der Waals surface area (Å²) in [6.45, 7) is 0. The fourth-order valence-electron chi connectivity index (χ4n) is 3.91. The highest BCUT2D eigenvalue weighted by molar-refractivity contribution is 5.84. The van der Waals surface area contributed by atoms with Gasteiger partial charge in [0.25, 0.3) is 0 Å². The number of hydrogen-bond acceptors (Lipinski definition) is 0. The van der Waals surface area contributed by atoms with Crippen LogP contribution in [-0.4, -0.2) is 0 Å². The second-order valence-electron chi connectivity index (χ2n) is 7.93. The number of fused-ring (bicyclic) bond motifs is 6. The van der Waals surface area contributed by atoms with E-state index in [1.807, 2.05) is 0 Å². The molecule has 0 unspecified atom stereocenters. The van der Waals surface area contributed by atoms with E-state index in [-0.39, 0.29) is 0 Å². The molecule has 0 radical (unpaired) electrons. The molecule has 0 amide bonds. The smallest absolute Gasteiger partial charge is 0.0184 e. The van der Waals surface area contributed by atoms with Crippen LogP contribution >= 0.6 is 0 Å². The predicted molar refractivity (Wildman–Crippen MR) is 141 cm³/mol. The van der Waals surface area contributed by atoms with Crippen LogP contribution in [0.1, 0.15) is 0 Å². The van der Waals surface area contributed by atoms with E-state index in [2.05, 4.69) is 146 Å².